The highest BCUT2D eigenvalue weighted by Gasteiger charge is 2.42. The van der Waals surface area contributed by atoms with Crippen LogP contribution in [0.3, 0.4) is 0 Å². The molecule has 0 radical (unpaired) electrons. The summed E-state index contributed by atoms with van der Waals surface area (Å²) in [5.74, 6) is 0.230. The van der Waals surface area contributed by atoms with Crippen LogP contribution in [0.15, 0.2) is 41.8 Å². The number of hydrogen-bond donors (Lipinski definition) is 1. The molecule has 0 unspecified atom stereocenters. The fraction of sp³-hybridized carbons (Fsp3) is 0.333. The third-order valence-corrected chi connectivity index (χ3v) is 6.65. The van der Waals surface area contributed by atoms with Crippen LogP contribution in [0.2, 0.25) is 5.02 Å². The van der Waals surface area contributed by atoms with Gasteiger partial charge >= 0.3 is 0 Å². The molecule has 2 aromatic rings. The van der Waals surface area contributed by atoms with Gasteiger partial charge in [0.2, 0.25) is 5.91 Å². The van der Waals surface area contributed by atoms with E-state index in [2.05, 4.69) is 5.32 Å². The number of thioether (sulfide) groups is 1. The van der Waals surface area contributed by atoms with Crippen LogP contribution in [0.1, 0.15) is 20.6 Å². The lowest BCUT2D eigenvalue weighted by atomic mass is 10.1. The van der Waals surface area contributed by atoms with Crippen molar-refractivity contribution in [3.8, 4) is 0 Å². The Morgan fingerprint density at radius 2 is 2.08 bits per heavy atom. The fourth-order valence-electron chi connectivity index (χ4n) is 2.74. The molecule has 1 saturated heterocycles. The molecule has 1 aliphatic rings. The van der Waals surface area contributed by atoms with Gasteiger partial charge in [0.05, 0.1) is 6.61 Å². The maximum absolute atomic E-state index is 13.2. The van der Waals surface area contributed by atoms with Gasteiger partial charge in [-0.25, -0.2) is 0 Å². The van der Waals surface area contributed by atoms with Gasteiger partial charge in [0, 0.05) is 34.9 Å². The number of nitrogens with zero attached hydrogens (tertiary/aromatic N) is 1. The Bertz CT molecular complexity index is 752. The molecule has 1 aromatic carbocycles. The molecule has 1 aromatic heterocycles. The lowest BCUT2D eigenvalue weighted by molar-refractivity contribution is -0.125. The molecule has 8 heteroatoms. The van der Waals surface area contributed by atoms with Gasteiger partial charge in [-0.3, -0.25) is 9.59 Å². The number of amides is 2. The van der Waals surface area contributed by atoms with Gasteiger partial charge in [0.1, 0.15) is 11.4 Å². The van der Waals surface area contributed by atoms with Crippen molar-refractivity contribution in [2.75, 3.05) is 26.0 Å². The van der Waals surface area contributed by atoms with E-state index in [0.29, 0.717) is 29.5 Å². The van der Waals surface area contributed by atoms with Crippen LogP contribution in [0.4, 0.5) is 0 Å². The van der Waals surface area contributed by atoms with E-state index in [1.807, 2.05) is 17.5 Å². The zero-order chi connectivity index (χ0) is 18.5. The first-order valence-corrected chi connectivity index (χ1v) is 10.4. The highest BCUT2D eigenvalue weighted by atomic mass is 35.5. The summed E-state index contributed by atoms with van der Waals surface area (Å²) in [6.45, 7) is 0.855. The summed E-state index contributed by atoms with van der Waals surface area (Å²) < 4.78 is 4.98. The minimum Gasteiger partial charge on any atom is -0.383 e. The molecular formula is C18H19ClN2O3S2. The number of rotatable bonds is 6. The zero-order valence-electron chi connectivity index (χ0n) is 14.2. The lowest BCUT2D eigenvalue weighted by Crippen LogP contribution is -2.48. The van der Waals surface area contributed by atoms with E-state index < -0.39 is 6.04 Å². The van der Waals surface area contributed by atoms with Crippen molar-refractivity contribution < 1.29 is 14.3 Å². The molecular weight excluding hydrogens is 392 g/mol. The average molecular weight is 411 g/mol. The van der Waals surface area contributed by atoms with E-state index in [9.17, 15) is 9.59 Å². The maximum atomic E-state index is 13.2. The number of thiophene rings is 1. The number of carbonyl (C=O) groups excluding carboxylic acids is 2. The summed E-state index contributed by atoms with van der Waals surface area (Å²) in [6.07, 6.45) is 0. The van der Waals surface area contributed by atoms with Crippen LogP contribution in [-0.2, 0) is 9.53 Å². The Hall–Kier alpha value is -1.54. The van der Waals surface area contributed by atoms with E-state index in [-0.39, 0.29) is 17.2 Å². The molecule has 138 valence electrons. The van der Waals surface area contributed by atoms with Crippen molar-refractivity contribution in [1.29, 1.82) is 0 Å². The Morgan fingerprint density at radius 3 is 2.73 bits per heavy atom. The van der Waals surface area contributed by atoms with Crippen LogP contribution < -0.4 is 5.32 Å². The summed E-state index contributed by atoms with van der Waals surface area (Å²) in [6, 6.07) is 10.2. The zero-order valence-corrected chi connectivity index (χ0v) is 16.6. The molecule has 1 N–H and O–H groups in total. The van der Waals surface area contributed by atoms with Gasteiger partial charge in [-0.2, -0.15) is 0 Å². The summed E-state index contributed by atoms with van der Waals surface area (Å²) in [5.41, 5.74) is 0.521. The summed E-state index contributed by atoms with van der Waals surface area (Å²) >= 11 is 9.13. The summed E-state index contributed by atoms with van der Waals surface area (Å²) in [5, 5.41) is 5.23. The first kappa shape index (κ1) is 19.2. The monoisotopic (exact) mass is 410 g/mol. The number of halogens is 1. The number of benzene rings is 1. The first-order valence-electron chi connectivity index (χ1n) is 8.11. The van der Waals surface area contributed by atoms with Crippen molar-refractivity contribution >= 4 is 46.5 Å². The molecule has 2 amide bonds. The second kappa shape index (κ2) is 8.90. The van der Waals surface area contributed by atoms with E-state index in [0.717, 1.165) is 4.88 Å². The van der Waals surface area contributed by atoms with Gasteiger partial charge in [-0.1, -0.05) is 17.7 Å². The van der Waals surface area contributed by atoms with Crippen LogP contribution >= 0.6 is 34.7 Å². The number of methoxy groups -OCH3 is 1. The molecule has 1 fully saturated rings. The highest BCUT2D eigenvalue weighted by Crippen LogP contribution is 2.43. The molecule has 1 aliphatic heterocycles. The molecule has 2 atom stereocenters. The number of ether oxygens (including phenoxy) is 1. The minimum atomic E-state index is -0.521. The Morgan fingerprint density at radius 1 is 1.31 bits per heavy atom. The molecule has 2 heterocycles. The topological polar surface area (TPSA) is 58.6 Å². The summed E-state index contributed by atoms with van der Waals surface area (Å²) in [4.78, 5) is 28.6. The summed E-state index contributed by atoms with van der Waals surface area (Å²) in [7, 11) is 1.58. The third-order valence-electron chi connectivity index (χ3n) is 4.02. The maximum Gasteiger partial charge on any atom is 0.255 e. The molecule has 5 nitrogen and oxygen atoms in total. The molecule has 0 bridgehead atoms. The van der Waals surface area contributed by atoms with E-state index in [1.165, 1.54) is 0 Å². The number of carbonyl (C=O) groups is 2. The van der Waals surface area contributed by atoms with Gasteiger partial charge in [0.15, 0.2) is 0 Å². The molecule has 0 saturated carbocycles. The number of hydrogen-bond acceptors (Lipinski definition) is 5. The van der Waals surface area contributed by atoms with Crippen molar-refractivity contribution in [2.45, 2.75) is 11.4 Å². The first-order chi connectivity index (χ1) is 12.6. The van der Waals surface area contributed by atoms with Crippen LogP contribution in [-0.4, -0.2) is 48.8 Å². The van der Waals surface area contributed by atoms with Gasteiger partial charge in [-0.15, -0.1) is 23.1 Å². The quantitative estimate of drug-likeness (QED) is 0.741. The normalized spacial score (nSPS) is 19.5. The lowest BCUT2D eigenvalue weighted by Gasteiger charge is -2.28. The molecule has 26 heavy (non-hydrogen) atoms. The molecule has 0 aliphatic carbocycles. The third kappa shape index (κ3) is 4.23. The van der Waals surface area contributed by atoms with Crippen LogP contribution in [0.25, 0.3) is 0 Å². The van der Waals surface area contributed by atoms with Gasteiger partial charge in [0.25, 0.3) is 5.91 Å². The average Bonchev–Trinajstić information content (AvgIpc) is 3.31. The van der Waals surface area contributed by atoms with Crippen molar-refractivity contribution in [2.24, 2.45) is 0 Å². The predicted molar refractivity (Wildman–Crippen MR) is 106 cm³/mol. The van der Waals surface area contributed by atoms with Crippen molar-refractivity contribution in [3.63, 3.8) is 0 Å². The van der Waals surface area contributed by atoms with Crippen molar-refractivity contribution in [3.05, 3.63) is 57.2 Å². The smallest absolute Gasteiger partial charge is 0.255 e. The number of nitrogens with one attached hydrogen (secondary N) is 1. The van der Waals surface area contributed by atoms with Crippen LogP contribution in [0.5, 0.6) is 0 Å². The highest BCUT2D eigenvalue weighted by molar-refractivity contribution is 7.99. The van der Waals surface area contributed by atoms with E-state index in [1.54, 1.807) is 59.4 Å². The van der Waals surface area contributed by atoms with E-state index in [4.69, 9.17) is 16.3 Å². The predicted octanol–water partition coefficient (Wildman–Crippen LogP) is 3.42. The Labute approximate surface area is 165 Å². The Balaban J connectivity index is 1.85. The molecule has 0 spiro atoms. The second-order valence-electron chi connectivity index (χ2n) is 5.72. The van der Waals surface area contributed by atoms with Crippen LogP contribution in [0, 0.1) is 0 Å². The van der Waals surface area contributed by atoms with E-state index >= 15 is 0 Å². The van der Waals surface area contributed by atoms with Crippen molar-refractivity contribution in [1.82, 2.24) is 10.2 Å². The van der Waals surface area contributed by atoms with Gasteiger partial charge < -0.3 is 15.0 Å². The largest absolute Gasteiger partial charge is 0.383 e. The Kier molecular flexibility index (Phi) is 6.58. The second-order valence-corrected chi connectivity index (χ2v) is 8.25. The minimum absolute atomic E-state index is 0.157. The van der Waals surface area contributed by atoms with Gasteiger partial charge in [-0.05, 0) is 35.7 Å². The fourth-order valence-corrected chi connectivity index (χ4v) is 5.26. The molecule has 3 rings (SSSR count). The SMILES string of the molecule is COCCNC(=O)[C@H]1CS[C@H](c2cccs2)N1C(=O)c1ccc(Cl)cc1. The standard InChI is InChI=1S/C18H19ClN2O3S2/c1-24-9-8-20-16(22)14-11-26-18(15-3-2-10-25-15)21(14)17(23)12-4-6-13(19)7-5-12/h2-7,10,14,18H,8-9,11H2,1H3,(H,20,22)/t14-,18-/m1/s1.